The van der Waals surface area contributed by atoms with E-state index < -0.39 is 0 Å². The zero-order chi connectivity index (χ0) is 19.6. The van der Waals surface area contributed by atoms with Crippen molar-refractivity contribution in [3.8, 4) is 5.75 Å². The molecule has 0 aliphatic carbocycles. The lowest BCUT2D eigenvalue weighted by Crippen LogP contribution is -2.66. The maximum absolute atomic E-state index is 10.1. The summed E-state index contributed by atoms with van der Waals surface area (Å²) in [5.74, 6) is 0.770. The van der Waals surface area contributed by atoms with Crippen LogP contribution in [-0.4, -0.2) is 54.3 Å². The molecule has 0 radical (unpaired) electrons. The van der Waals surface area contributed by atoms with Gasteiger partial charge in [0.1, 0.15) is 11.6 Å². The number of phenolic OH excluding ortho intramolecular Hbond substituents is 1. The molecular formula is C21H32N6O. The van der Waals surface area contributed by atoms with Gasteiger partial charge in [0.2, 0.25) is 0 Å². The van der Waals surface area contributed by atoms with Crippen LogP contribution in [0.5, 0.6) is 5.75 Å². The highest BCUT2D eigenvalue weighted by Crippen LogP contribution is 2.29. The molecule has 7 nitrogen and oxygen atoms in total. The van der Waals surface area contributed by atoms with E-state index in [0.29, 0.717) is 23.1 Å². The van der Waals surface area contributed by atoms with Gasteiger partial charge in [0.05, 0.1) is 11.2 Å². The monoisotopic (exact) mass is 384 g/mol. The summed E-state index contributed by atoms with van der Waals surface area (Å²) in [5.41, 5.74) is 14.4. The van der Waals surface area contributed by atoms with Crippen LogP contribution in [0.4, 0.5) is 0 Å². The summed E-state index contributed by atoms with van der Waals surface area (Å²) in [5, 5.41) is 20.6. The molecule has 3 aliphatic rings. The Morgan fingerprint density at radius 3 is 2.82 bits per heavy atom. The zero-order valence-corrected chi connectivity index (χ0v) is 16.4. The average Bonchev–Trinajstić information content (AvgIpc) is 2.72. The molecule has 2 fully saturated rings. The summed E-state index contributed by atoms with van der Waals surface area (Å²) >= 11 is 0. The molecule has 8 N–H and O–H groups in total. The third-order valence-electron chi connectivity index (χ3n) is 6.25. The van der Waals surface area contributed by atoms with Crippen LogP contribution in [0.2, 0.25) is 0 Å². The fraction of sp³-hybridized carbons (Fsp3) is 0.524. The lowest BCUT2D eigenvalue weighted by Gasteiger charge is -2.49. The molecular weight excluding hydrogens is 352 g/mol. The molecule has 2 saturated heterocycles. The van der Waals surface area contributed by atoms with Crippen molar-refractivity contribution in [2.24, 2.45) is 11.5 Å². The van der Waals surface area contributed by atoms with Crippen LogP contribution in [0.1, 0.15) is 31.2 Å². The first-order chi connectivity index (χ1) is 13.6. The van der Waals surface area contributed by atoms with Gasteiger partial charge in [-0.05, 0) is 63.5 Å². The number of rotatable bonds is 3. The van der Waals surface area contributed by atoms with Gasteiger partial charge < -0.3 is 32.5 Å². The molecule has 28 heavy (non-hydrogen) atoms. The Bertz CT molecular complexity index is 770. The van der Waals surface area contributed by atoms with Gasteiger partial charge in [0.15, 0.2) is 0 Å². The van der Waals surface area contributed by atoms with Crippen molar-refractivity contribution in [1.82, 2.24) is 20.9 Å². The topological polar surface area (TPSA) is 112 Å². The number of hydrogen-bond acceptors (Lipinski definition) is 7. The fourth-order valence-corrected chi connectivity index (χ4v) is 4.72. The van der Waals surface area contributed by atoms with Crippen molar-refractivity contribution < 1.29 is 5.11 Å². The second-order valence-electron chi connectivity index (χ2n) is 8.26. The van der Waals surface area contributed by atoms with Crippen LogP contribution in [0.3, 0.4) is 0 Å². The Morgan fingerprint density at radius 2 is 2.04 bits per heavy atom. The molecule has 152 valence electrons. The minimum Gasteiger partial charge on any atom is -0.507 e. The summed E-state index contributed by atoms with van der Waals surface area (Å²) in [4.78, 5) is 2.65. The second kappa shape index (κ2) is 7.93. The minimum absolute atomic E-state index is 0.0448. The number of allylic oxidation sites excluding steroid dienone is 1. The first-order valence-electron chi connectivity index (χ1n) is 10.3. The molecule has 1 aromatic carbocycles. The summed E-state index contributed by atoms with van der Waals surface area (Å²) in [6.07, 6.45) is 6.54. The van der Waals surface area contributed by atoms with Crippen molar-refractivity contribution >= 4 is 5.70 Å². The molecule has 1 unspecified atom stereocenters. The van der Waals surface area contributed by atoms with Crippen molar-refractivity contribution in [3.05, 3.63) is 47.4 Å². The molecule has 0 amide bonds. The van der Waals surface area contributed by atoms with Gasteiger partial charge in [-0.3, -0.25) is 4.90 Å². The highest BCUT2D eigenvalue weighted by molar-refractivity contribution is 5.70. The maximum atomic E-state index is 10.1. The van der Waals surface area contributed by atoms with E-state index in [0.717, 1.165) is 38.3 Å². The lowest BCUT2D eigenvalue weighted by atomic mass is 9.85. The molecule has 0 aromatic heterocycles. The Hall–Kier alpha value is -2.38. The summed E-state index contributed by atoms with van der Waals surface area (Å²) in [6, 6.07) is 7.75. The quantitative estimate of drug-likeness (QED) is 0.453. The Kier molecular flexibility index (Phi) is 5.37. The molecule has 7 heteroatoms. The van der Waals surface area contributed by atoms with Crippen molar-refractivity contribution in [2.75, 3.05) is 32.7 Å². The largest absolute Gasteiger partial charge is 0.507 e. The van der Waals surface area contributed by atoms with Crippen LogP contribution in [0.15, 0.2) is 41.9 Å². The number of aromatic hydroxyl groups is 1. The molecule has 4 rings (SSSR count). The molecule has 1 spiro atoms. The van der Waals surface area contributed by atoms with Crippen molar-refractivity contribution in [2.45, 2.75) is 37.3 Å². The van der Waals surface area contributed by atoms with Gasteiger partial charge in [-0.15, -0.1) is 0 Å². The highest BCUT2D eigenvalue weighted by atomic mass is 16.3. The molecule has 3 heterocycles. The molecule has 0 bridgehead atoms. The summed E-state index contributed by atoms with van der Waals surface area (Å²) in [6.45, 7) is 5.20. The number of piperidine rings is 2. The van der Waals surface area contributed by atoms with Crippen LogP contribution in [0.25, 0.3) is 5.70 Å². The standard InChI is InChI=1S/C21H32N6O/c22-17(16-4-1-2-5-19(16)28)12-18-20(23)25-13-21(26-18)8-3-11-27(14-21)15-6-9-24-10-7-15/h1-2,4-5,12,15,24-26,28H,3,6-11,13-14,22-23H2/b17-12-. The highest BCUT2D eigenvalue weighted by Gasteiger charge is 2.40. The smallest absolute Gasteiger partial charge is 0.124 e. The molecule has 0 saturated carbocycles. The van der Waals surface area contributed by atoms with Crippen LogP contribution < -0.4 is 27.4 Å². The summed E-state index contributed by atoms with van der Waals surface area (Å²) in [7, 11) is 0. The number of para-hydroxylation sites is 1. The van der Waals surface area contributed by atoms with E-state index in [1.165, 1.54) is 25.8 Å². The van der Waals surface area contributed by atoms with E-state index in [2.05, 4.69) is 20.9 Å². The molecule has 1 atom stereocenters. The van der Waals surface area contributed by atoms with Gasteiger partial charge in [-0.25, -0.2) is 0 Å². The van der Waals surface area contributed by atoms with Gasteiger partial charge in [-0.2, -0.15) is 0 Å². The van der Waals surface area contributed by atoms with E-state index in [-0.39, 0.29) is 11.3 Å². The number of nitrogens with zero attached hydrogens (tertiary/aromatic N) is 1. The minimum atomic E-state index is -0.0448. The van der Waals surface area contributed by atoms with Crippen LogP contribution in [-0.2, 0) is 0 Å². The van der Waals surface area contributed by atoms with Gasteiger partial charge in [0, 0.05) is 30.4 Å². The first-order valence-corrected chi connectivity index (χ1v) is 10.3. The zero-order valence-electron chi connectivity index (χ0n) is 16.4. The SMILES string of the molecule is NC1=C(/C=C(\N)c2ccccc2O)NC2(CCCN(C3CCNCC3)C2)CN1. The molecule has 1 aromatic rings. The number of phenols is 1. The number of likely N-dealkylation sites (tertiary alicyclic amines) is 1. The first kappa shape index (κ1) is 19.0. The number of hydrogen-bond donors (Lipinski definition) is 6. The Balaban J connectivity index is 1.52. The van der Waals surface area contributed by atoms with E-state index in [9.17, 15) is 5.11 Å². The lowest BCUT2D eigenvalue weighted by molar-refractivity contribution is 0.0719. The Morgan fingerprint density at radius 1 is 1.25 bits per heavy atom. The van der Waals surface area contributed by atoms with Crippen LogP contribution >= 0.6 is 0 Å². The molecule has 3 aliphatic heterocycles. The fourth-order valence-electron chi connectivity index (χ4n) is 4.72. The Labute approximate surface area is 166 Å². The van der Waals surface area contributed by atoms with Crippen molar-refractivity contribution in [1.29, 1.82) is 0 Å². The normalized spacial score (nSPS) is 27.5. The maximum Gasteiger partial charge on any atom is 0.124 e. The van der Waals surface area contributed by atoms with E-state index in [1.807, 2.05) is 18.2 Å². The summed E-state index contributed by atoms with van der Waals surface area (Å²) < 4.78 is 0. The predicted octanol–water partition coefficient (Wildman–Crippen LogP) is 0.599. The van der Waals surface area contributed by atoms with E-state index in [4.69, 9.17) is 11.5 Å². The number of benzene rings is 1. The predicted molar refractivity (Wildman–Crippen MR) is 112 cm³/mol. The van der Waals surface area contributed by atoms with Gasteiger partial charge >= 0.3 is 0 Å². The van der Waals surface area contributed by atoms with E-state index in [1.54, 1.807) is 12.1 Å². The average molecular weight is 385 g/mol. The van der Waals surface area contributed by atoms with Gasteiger partial charge in [-0.1, -0.05) is 12.1 Å². The number of nitrogens with two attached hydrogens (primary N) is 2. The van der Waals surface area contributed by atoms with E-state index >= 15 is 0 Å². The third-order valence-corrected chi connectivity index (χ3v) is 6.25. The van der Waals surface area contributed by atoms with Gasteiger partial charge in [0.25, 0.3) is 0 Å². The second-order valence-corrected chi connectivity index (χ2v) is 8.26. The van der Waals surface area contributed by atoms with Crippen molar-refractivity contribution in [3.63, 3.8) is 0 Å². The number of nitrogens with one attached hydrogen (secondary N) is 3. The van der Waals surface area contributed by atoms with Crippen LogP contribution in [0, 0.1) is 0 Å². The third kappa shape index (κ3) is 3.91.